The maximum Gasteiger partial charge on any atom is 0.317 e. The van der Waals surface area contributed by atoms with Crippen LogP contribution in [0, 0.1) is 0 Å². The van der Waals surface area contributed by atoms with Crippen LogP contribution in [-0.4, -0.2) is 79.8 Å². The molecule has 2 saturated heterocycles. The SMILES string of the molecule is COCCNC(=O)N1CCCN(C2CCSC2)CC1. The van der Waals surface area contributed by atoms with E-state index in [2.05, 4.69) is 22.0 Å². The highest BCUT2D eigenvalue weighted by Gasteiger charge is 2.26. The molecule has 0 saturated carbocycles. The van der Waals surface area contributed by atoms with E-state index in [1.807, 2.05) is 4.90 Å². The largest absolute Gasteiger partial charge is 0.383 e. The van der Waals surface area contributed by atoms with Gasteiger partial charge in [0.2, 0.25) is 0 Å². The van der Waals surface area contributed by atoms with Crippen LogP contribution < -0.4 is 5.32 Å². The summed E-state index contributed by atoms with van der Waals surface area (Å²) in [6, 6.07) is 0.793. The molecule has 0 bridgehead atoms. The average molecular weight is 287 g/mol. The van der Waals surface area contributed by atoms with Gasteiger partial charge in [-0.3, -0.25) is 4.90 Å². The van der Waals surface area contributed by atoms with Crippen molar-refractivity contribution < 1.29 is 9.53 Å². The van der Waals surface area contributed by atoms with Crippen LogP contribution in [0.1, 0.15) is 12.8 Å². The van der Waals surface area contributed by atoms with Crippen LogP contribution in [0.2, 0.25) is 0 Å². The molecule has 0 aromatic heterocycles. The Morgan fingerprint density at radius 1 is 1.37 bits per heavy atom. The highest BCUT2D eigenvalue weighted by molar-refractivity contribution is 7.99. The van der Waals surface area contributed by atoms with Gasteiger partial charge < -0.3 is 15.0 Å². The molecule has 1 atom stereocenters. The van der Waals surface area contributed by atoms with Gasteiger partial charge in [0.15, 0.2) is 0 Å². The van der Waals surface area contributed by atoms with E-state index in [0.717, 1.165) is 38.6 Å². The van der Waals surface area contributed by atoms with Crippen LogP contribution in [0.15, 0.2) is 0 Å². The zero-order valence-electron chi connectivity index (χ0n) is 11.8. The van der Waals surface area contributed by atoms with Crippen molar-refractivity contribution in [2.75, 3.05) is 57.9 Å². The molecule has 6 heteroatoms. The van der Waals surface area contributed by atoms with Gasteiger partial charge in [0.25, 0.3) is 0 Å². The van der Waals surface area contributed by atoms with E-state index >= 15 is 0 Å². The smallest absolute Gasteiger partial charge is 0.317 e. The molecule has 1 N–H and O–H groups in total. The lowest BCUT2D eigenvalue weighted by molar-refractivity contribution is 0.177. The van der Waals surface area contributed by atoms with Gasteiger partial charge in [-0.05, 0) is 18.6 Å². The van der Waals surface area contributed by atoms with Crippen LogP contribution in [0.25, 0.3) is 0 Å². The Kier molecular flexibility index (Phi) is 6.26. The Morgan fingerprint density at radius 2 is 2.26 bits per heavy atom. The van der Waals surface area contributed by atoms with Crippen molar-refractivity contribution in [1.82, 2.24) is 15.1 Å². The lowest BCUT2D eigenvalue weighted by atomic mass is 10.2. The average Bonchev–Trinajstić information content (AvgIpc) is 2.83. The quantitative estimate of drug-likeness (QED) is 0.779. The third-order valence-electron chi connectivity index (χ3n) is 3.82. The number of methoxy groups -OCH3 is 1. The topological polar surface area (TPSA) is 44.8 Å². The summed E-state index contributed by atoms with van der Waals surface area (Å²) < 4.78 is 4.95. The predicted molar refractivity (Wildman–Crippen MR) is 78.8 cm³/mol. The van der Waals surface area contributed by atoms with Crippen LogP contribution in [0.5, 0.6) is 0 Å². The van der Waals surface area contributed by atoms with Gasteiger partial charge in [-0.15, -0.1) is 0 Å². The summed E-state index contributed by atoms with van der Waals surface area (Å²) in [7, 11) is 1.65. The van der Waals surface area contributed by atoms with Crippen LogP contribution in [0.3, 0.4) is 0 Å². The van der Waals surface area contributed by atoms with Crippen molar-refractivity contribution in [3.63, 3.8) is 0 Å². The van der Waals surface area contributed by atoms with Gasteiger partial charge in [-0.25, -0.2) is 4.79 Å². The van der Waals surface area contributed by atoms with Crippen LogP contribution in [0.4, 0.5) is 4.79 Å². The first-order valence-electron chi connectivity index (χ1n) is 7.15. The molecule has 2 fully saturated rings. The number of nitrogens with one attached hydrogen (secondary N) is 1. The summed E-state index contributed by atoms with van der Waals surface area (Å²) in [4.78, 5) is 16.5. The first-order valence-corrected chi connectivity index (χ1v) is 8.30. The first kappa shape index (κ1) is 14.9. The number of hydrogen-bond acceptors (Lipinski definition) is 4. The van der Waals surface area contributed by atoms with Crippen LogP contribution >= 0.6 is 11.8 Å². The number of ether oxygens (including phenoxy) is 1. The third kappa shape index (κ3) is 4.54. The summed E-state index contributed by atoms with van der Waals surface area (Å²) in [6.45, 7) is 5.03. The Morgan fingerprint density at radius 3 is 3.00 bits per heavy atom. The number of amides is 2. The number of thioether (sulfide) groups is 1. The Balaban J connectivity index is 1.74. The molecule has 19 heavy (non-hydrogen) atoms. The molecule has 5 nitrogen and oxygen atoms in total. The molecule has 0 aliphatic carbocycles. The zero-order valence-corrected chi connectivity index (χ0v) is 12.6. The second-order valence-corrected chi connectivity index (χ2v) is 6.27. The predicted octanol–water partition coefficient (Wildman–Crippen LogP) is 0.856. The fourth-order valence-electron chi connectivity index (χ4n) is 2.69. The van der Waals surface area contributed by atoms with Crippen molar-refractivity contribution in [3.8, 4) is 0 Å². The highest BCUT2D eigenvalue weighted by Crippen LogP contribution is 2.23. The monoisotopic (exact) mass is 287 g/mol. The second-order valence-electron chi connectivity index (χ2n) is 5.12. The number of carbonyl (C=O) groups excluding carboxylic acids is 1. The molecule has 2 amide bonds. The molecule has 110 valence electrons. The number of hydrogen-bond donors (Lipinski definition) is 1. The van der Waals surface area contributed by atoms with Gasteiger partial charge in [0.1, 0.15) is 0 Å². The number of nitrogens with zero attached hydrogens (tertiary/aromatic N) is 2. The van der Waals surface area contributed by atoms with Crippen LogP contribution in [-0.2, 0) is 4.74 Å². The van der Waals surface area contributed by atoms with Gasteiger partial charge in [-0.1, -0.05) is 0 Å². The number of urea groups is 1. The van der Waals surface area contributed by atoms with E-state index in [0.29, 0.717) is 13.2 Å². The van der Waals surface area contributed by atoms with Crippen molar-refractivity contribution in [3.05, 3.63) is 0 Å². The molecule has 0 aromatic carbocycles. The fourth-order valence-corrected chi connectivity index (χ4v) is 3.94. The maximum absolute atomic E-state index is 12.0. The van der Waals surface area contributed by atoms with Gasteiger partial charge in [-0.2, -0.15) is 11.8 Å². The fraction of sp³-hybridized carbons (Fsp3) is 0.923. The van der Waals surface area contributed by atoms with Crippen molar-refractivity contribution >= 4 is 17.8 Å². The molecular weight excluding hydrogens is 262 g/mol. The summed E-state index contributed by atoms with van der Waals surface area (Å²) >= 11 is 2.05. The molecular formula is C13H25N3O2S. The summed E-state index contributed by atoms with van der Waals surface area (Å²) in [6.07, 6.45) is 2.39. The van der Waals surface area contributed by atoms with E-state index in [4.69, 9.17) is 4.74 Å². The Bertz CT molecular complexity index is 285. The minimum Gasteiger partial charge on any atom is -0.383 e. The van der Waals surface area contributed by atoms with Crippen molar-refractivity contribution in [2.24, 2.45) is 0 Å². The minimum atomic E-state index is 0.0553. The summed E-state index contributed by atoms with van der Waals surface area (Å²) in [5.41, 5.74) is 0. The lowest BCUT2D eigenvalue weighted by Crippen LogP contribution is -2.44. The molecule has 2 heterocycles. The molecule has 0 radical (unpaired) electrons. The van der Waals surface area contributed by atoms with E-state index in [9.17, 15) is 4.79 Å². The van der Waals surface area contributed by atoms with Crippen molar-refractivity contribution in [2.45, 2.75) is 18.9 Å². The minimum absolute atomic E-state index is 0.0553. The normalized spacial score (nSPS) is 25.3. The van der Waals surface area contributed by atoms with Gasteiger partial charge in [0.05, 0.1) is 6.61 Å². The third-order valence-corrected chi connectivity index (χ3v) is 4.97. The number of carbonyl (C=O) groups is 1. The molecule has 0 aromatic rings. The van der Waals surface area contributed by atoms with E-state index in [1.165, 1.54) is 17.9 Å². The van der Waals surface area contributed by atoms with E-state index in [1.54, 1.807) is 7.11 Å². The zero-order chi connectivity index (χ0) is 13.5. The molecule has 2 aliphatic heterocycles. The number of rotatable bonds is 4. The molecule has 0 spiro atoms. The standard InChI is InChI=1S/C13H25N3O2S/c1-18-9-4-14-13(17)16-6-2-5-15(7-8-16)12-3-10-19-11-12/h12H,2-11H2,1H3,(H,14,17). The first-order chi connectivity index (χ1) is 9.31. The molecule has 2 rings (SSSR count). The molecule has 1 unspecified atom stereocenters. The van der Waals surface area contributed by atoms with Crippen molar-refractivity contribution in [1.29, 1.82) is 0 Å². The van der Waals surface area contributed by atoms with E-state index < -0.39 is 0 Å². The highest BCUT2D eigenvalue weighted by atomic mass is 32.2. The summed E-state index contributed by atoms with van der Waals surface area (Å²) in [5, 5.41) is 2.90. The second kappa shape index (κ2) is 7.97. The van der Waals surface area contributed by atoms with Gasteiger partial charge in [0, 0.05) is 51.6 Å². The lowest BCUT2D eigenvalue weighted by Gasteiger charge is -2.26. The Hall–Kier alpha value is -0.460. The van der Waals surface area contributed by atoms with E-state index in [-0.39, 0.29) is 6.03 Å². The van der Waals surface area contributed by atoms with Gasteiger partial charge >= 0.3 is 6.03 Å². The Labute approximate surface area is 120 Å². The molecule has 2 aliphatic rings. The maximum atomic E-state index is 12.0. The summed E-state index contributed by atoms with van der Waals surface area (Å²) in [5.74, 6) is 2.56.